The van der Waals surface area contributed by atoms with Crippen molar-refractivity contribution in [2.75, 3.05) is 0 Å². The van der Waals surface area contributed by atoms with Crippen LogP contribution in [0.2, 0.25) is 0 Å². The van der Waals surface area contributed by atoms with Crippen LogP contribution in [0.25, 0.3) is 21.6 Å². The Morgan fingerprint density at radius 2 is 1.55 bits per heavy atom. The Hall–Kier alpha value is -1.29. The van der Waals surface area contributed by atoms with Crippen molar-refractivity contribution in [1.82, 2.24) is 0 Å². The molecule has 0 atom stereocenters. The van der Waals surface area contributed by atoms with Crippen LogP contribution in [0.15, 0.2) is 48.5 Å². The molecule has 0 radical (unpaired) electrons. The highest BCUT2D eigenvalue weighted by molar-refractivity contribution is 7.80. The highest BCUT2D eigenvalue weighted by Gasteiger charge is 2.14. The molecule has 1 aromatic heterocycles. The minimum Gasteiger partial charge on any atom is -0.0779 e. The Morgan fingerprint density at radius 3 is 2.25 bits per heavy atom. The average molecular weight is 315 g/mol. The van der Waals surface area contributed by atoms with Crippen molar-refractivity contribution >= 4 is 32.9 Å². The monoisotopic (exact) mass is 314 g/mol. The molecule has 0 saturated carbocycles. The van der Waals surface area contributed by atoms with Crippen LogP contribution in [0.5, 0.6) is 0 Å². The second-order valence-electron chi connectivity index (χ2n) is 4.84. The summed E-state index contributed by atoms with van der Waals surface area (Å²) in [7, 11) is 3.47. The number of hydrogen-bond donors (Lipinski definition) is 0. The third-order valence-electron chi connectivity index (χ3n) is 3.36. The van der Waals surface area contributed by atoms with Crippen molar-refractivity contribution in [3.8, 4) is 21.6 Å². The van der Waals surface area contributed by atoms with Gasteiger partial charge in [0.25, 0.3) is 0 Å². The summed E-state index contributed by atoms with van der Waals surface area (Å²) in [5.41, 5.74) is 6.29. The number of benzene rings is 2. The molecule has 0 aliphatic carbocycles. The van der Waals surface area contributed by atoms with Gasteiger partial charge in [-0.25, -0.2) is 0 Å². The molecular formula is C17H14S3. The van der Waals surface area contributed by atoms with Crippen molar-refractivity contribution in [2.24, 2.45) is 0 Å². The van der Waals surface area contributed by atoms with E-state index in [9.17, 15) is 0 Å². The van der Waals surface area contributed by atoms with Gasteiger partial charge in [-0.2, -0.15) is 0 Å². The van der Waals surface area contributed by atoms with Crippen LogP contribution in [-0.4, -0.2) is 0 Å². The lowest BCUT2D eigenvalue weighted by molar-refractivity contribution is 1.46. The number of hydrogen-bond acceptors (Lipinski definition) is 3. The van der Waals surface area contributed by atoms with E-state index < -0.39 is 0 Å². The van der Waals surface area contributed by atoms with Gasteiger partial charge < -0.3 is 0 Å². The molecule has 1 heterocycles. The fraction of sp³-hybridized carbons (Fsp3) is 0.118. The lowest BCUT2D eigenvalue weighted by Crippen LogP contribution is -1.84. The first-order valence-corrected chi connectivity index (χ1v) is 8.99. The fourth-order valence-electron chi connectivity index (χ4n) is 2.24. The van der Waals surface area contributed by atoms with Crippen LogP contribution in [-0.2, 0) is 0 Å². The second-order valence-corrected chi connectivity index (χ2v) is 7.66. The van der Waals surface area contributed by atoms with Gasteiger partial charge in [-0.15, -0.1) is 0 Å². The molecule has 3 heteroatoms. The van der Waals surface area contributed by atoms with Crippen molar-refractivity contribution in [1.29, 1.82) is 0 Å². The summed E-state index contributed by atoms with van der Waals surface area (Å²) >= 11 is 5.57. The first kappa shape index (κ1) is 13.7. The fourth-order valence-corrected chi connectivity index (χ4v) is 5.13. The van der Waals surface area contributed by atoms with Gasteiger partial charge in [-0.05, 0) is 30.5 Å². The molecule has 0 fully saturated rings. The maximum absolute atomic E-state index is 5.57. The highest BCUT2D eigenvalue weighted by atomic mass is 32.9. The van der Waals surface area contributed by atoms with Gasteiger partial charge in [0.15, 0.2) is 0 Å². The van der Waals surface area contributed by atoms with Gasteiger partial charge in [0.05, 0.1) is 4.88 Å². The number of aryl methyl sites for hydroxylation is 2. The molecule has 0 amide bonds. The largest absolute Gasteiger partial charge is 0.110 e. The average Bonchev–Trinajstić information content (AvgIpc) is 2.82. The minimum absolute atomic E-state index is 0.986. The van der Waals surface area contributed by atoms with E-state index in [1.54, 1.807) is 20.7 Å². The molecule has 0 aliphatic heterocycles. The van der Waals surface area contributed by atoms with Gasteiger partial charge in [-0.3, -0.25) is 0 Å². The van der Waals surface area contributed by atoms with E-state index in [4.69, 9.17) is 12.2 Å². The third-order valence-corrected chi connectivity index (χ3v) is 6.43. The van der Waals surface area contributed by atoms with E-state index in [2.05, 4.69) is 62.4 Å². The minimum atomic E-state index is 0.986. The Bertz CT molecular complexity index is 792. The van der Waals surface area contributed by atoms with E-state index in [1.807, 2.05) is 0 Å². The van der Waals surface area contributed by atoms with Gasteiger partial charge in [0, 0.05) is 5.56 Å². The molecule has 100 valence electrons. The molecular weight excluding hydrogens is 300 g/mol. The summed E-state index contributed by atoms with van der Waals surface area (Å²) in [4.78, 5) is 1.29. The molecule has 20 heavy (non-hydrogen) atoms. The van der Waals surface area contributed by atoms with Crippen LogP contribution in [0, 0.1) is 17.7 Å². The maximum atomic E-state index is 5.57. The molecule has 0 spiro atoms. The van der Waals surface area contributed by atoms with Crippen molar-refractivity contribution in [3.05, 3.63) is 63.5 Å². The van der Waals surface area contributed by atoms with Crippen molar-refractivity contribution in [2.45, 2.75) is 13.8 Å². The maximum Gasteiger partial charge on any atom is 0.110 e. The van der Waals surface area contributed by atoms with Gasteiger partial charge >= 0.3 is 0 Å². The molecule has 0 aliphatic rings. The van der Waals surface area contributed by atoms with Crippen LogP contribution in [0.3, 0.4) is 0 Å². The van der Waals surface area contributed by atoms with E-state index >= 15 is 0 Å². The molecule has 0 saturated heterocycles. The van der Waals surface area contributed by atoms with Crippen LogP contribution in [0.1, 0.15) is 11.1 Å². The van der Waals surface area contributed by atoms with Crippen LogP contribution >= 0.6 is 32.9 Å². The summed E-state index contributed by atoms with van der Waals surface area (Å²) in [5.74, 6) is 0. The zero-order valence-electron chi connectivity index (χ0n) is 11.3. The first-order valence-electron chi connectivity index (χ1n) is 6.43. The molecule has 3 aromatic rings. The smallest absolute Gasteiger partial charge is 0.0779 e. The zero-order chi connectivity index (χ0) is 14.1. The molecule has 0 unspecified atom stereocenters. The molecule has 0 N–H and O–H groups in total. The molecule has 3 rings (SSSR count). The van der Waals surface area contributed by atoms with E-state index in [-0.39, 0.29) is 0 Å². The summed E-state index contributed by atoms with van der Waals surface area (Å²) < 4.78 is 0.986. The Balaban J connectivity index is 2.23. The Morgan fingerprint density at radius 1 is 0.850 bits per heavy atom. The first-order chi connectivity index (χ1) is 9.66. The zero-order valence-corrected chi connectivity index (χ0v) is 13.8. The van der Waals surface area contributed by atoms with Gasteiger partial charge in [-0.1, -0.05) is 87.0 Å². The summed E-state index contributed by atoms with van der Waals surface area (Å²) in [5, 5.41) is 0. The van der Waals surface area contributed by atoms with E-state index in [0.717, 1.165) is 3.82 Å². The standard InChI is InChI=1S/C17H14S3/c1-11-7-9-13(10-8-11)16-15(17(18)20-19-16)14-6-4-3-5-12(14)2/h3-10H,1-2H3. The van der Waals surface area contributed by atoms with E-state index in [1.165, 1.54) is 32.7 Å². The molecule has 2 aromatic carbocycles. The predicted octanol–water partition coefficient (Wildman–Crippen LogP) is 6.49. The SMILES string of the molecule is Cc1ccc(-c2ssc(=S)c2-c2ccccc2C)cc1. The predicted molar refractivity (Wildman–Crippen MR) is 93.4 cm³/mol. The Kier molecular flexibility index (Phi) is 3.83. The number of rotatable bonds is 2. The molecule has 0 bridgehead atoms. The van der Waals surface area contributed by atoms with Crippen molar-refractivity contribution in [3.63, 3.8) is 0 Å². The summed E-state index contributed by atoms with van der Waals surface area (Å²) in [6.07, 6.45) is 0. The second kappa shape index (κ2) is 5.60. The van der Waals surface area contributed by atoms with E-state index in [0.29, 0.717) is 0 Å². The van der Waals surface area contributed by atoms with Crippen molar-refractivity contribution < 1.29 is 0 Å². The summed E-state index contributed by atoms with van der Waals surface area (Å²) in [6.45, 7) is 4.26. The van der Waals surface area contributed by atoms with Gasteiger partial charge in [0.2, 0.25) is 0 Å². The summed E-state index contributed by atoms with van der Waals surface area (Å²) in [6, 6.07) is 17.1. The topological polar surface area (TPSA) is 0 Å². The lowest BCUT2D eigenvalue weighted by atomic mass is 9.99. The normalized spacial score (nSPS) is 10.7. The quantitative estimate of drug-likeness (QED) is 0.385. The van der Waals surface area contributed by atoms with Gasteiger partial charge in [0.1, 0.15) is 3.82 Å². The van der Waals surface area contributed by atoms with Crippen LogP contribution < -0.4 is 0 Å². The van der Waals surface area contributed by atoms with Crippen LogP contribution in [0.4, 0.5) is 0 Å². The third kappa shape index (κ3) is 2.49. The molecule has 0 nitrogen and oxygen atoms in total. The highest BCUT2D eigenvalue weighted by Crippen LogP contribution is 2.42. The lowest BCUT2D eigenvalue weighted by Gasteiger charge is -2.07. The Labute approximate surface area is 131 Å².